The van der Waals surface area contributed by atoms with E-state index in [9.17, 15) is 13.2 Å². The molecular weight excluding hydrogens is 383 g/mol. The molecule has 154 valence electrons. The van der Waals surface area contributed by atoms with Crippen LogP contribution in [0.15, 0.2) is 42.7 Å². The van der Waals surface area contributed by atoms with E-state index in [0.717, 1.165) is 22.7 Å². The number of alkyl halides is 3. The zero-order chi connectivity index (χ0) is 20.6. The molecule has 0 spiro atoms. The van der Waals surface area contributed by atoms with Crippen LogP contribution in [0.1, 0.15) is 22.8 Å². The van der Waals surface area contributed by atoms with Crippen molar-refractivity contribution in [3.63, 3.8) is 0 Å². The number of hydrogen-bond acceptors (Lipinski definition) is 4. The molecule has 5 nitrogen and oxygen atoms in total. The summed E-state index contributed by atoms with van der Waals surface area (Å²) in [5.41, 5.74) is 2.84. The molecule has 1 atom stereocenters. The van der Waals surface area contributed by atoms with E-state index in [1.807, 2.05) is 23.7 Å². The Hall–Kier alpha value is -2.58. The minimum atomic E-state index is -4.41. The first kappa shape index (κ1) is 19.7. The van der Waals surface area contributed by atoms with Gasteiger partial charge in [0.1, 0.15) is 5.75 Å². The molecule has 1 fully saturated rings. The van der Waals surface area contributed by atoms with Crippen LogP contribution in [0.2, 0.25) is 0 Å². The monoisotopic (exact) mass is 405 g/mol. The predicted octanol–water partition coefficient (Wildman–Crippen LogP) is 4.17. The molecular formula is C21H22F3N3O2. The van der Waals surface area contributed by atoms with Gasteiger partial charge in [0.05, 0.1) is 42.7 Å². The van der Waals surface area contributed by atoms with E-state index in [0.29, 0.717) is 31.8 Å². The maximum atomic E-state index is 13.2. The summed E-state index contributed by atoms with van der Waals surface area (Å²) < 4.78 is 52.5. The van der Waals surface area contributed by atoms with Gasteiger partial charge in [-0.1, -0.05) is 6.07 Å². The first-order valence-corrected chi connectivity index (χ1v) is 9.33. The Labute approximate surface area is 166 Å². The fourth-order valence-electron chi connectivity index (χ4n) is 3.68. The Kier molecular flexibility index (Phi) is 5.23. The summed E-state index contributed by atoms with van der Waals surface area (Å²) in [6.07, 6.45) is -2.78. The third-order valence-corrected chi connectivity index (χ3v) is 5.21. The van der Waals surface area contributed by atoms with Gasteiger partial charge in [0.15, 0.2) is 0 Å². The number of imidazole rings is 1. The molecule has 0 radical (unpaired) electrons. The van der Waals surface area contributed by atoms with Crippen LogP contribution >= 0.6 is 0 Å². The molecule has 8 heteroatoms. The zero-order valence-electron chi connectivity index (χ0n) is 16.2. The third kappa shape index (κ3) is 4.23. The first-order valence-electron chi connectivity index (χ1n) is 9.33. The van der Waals surface area contributed by atoms with Crippen LogP contribution in [0.25, 0.3) is 11.0 Å². The largest absolute Gasteiger partial charge is 0.497 e. The number of rotatable bonds is 4. The Bertz CT molecular complexity index is 1020. The van der Waals surface area contributed by atoms with Gasteiger partial charge in [-0.2, -0.15) is 13.2 Å². The summed E-state index contributed by atoms with van der Waals surface area (Å²) in [6, 6.07) is 9.88. The van der Waals surface area contributed by atoms with Crippen LogP contribution in [0.5, 0.6) is 5.75 Å². The second-order valence-corrected chi connectivity index (χ2v) is 7.27. The number of ether oxygens (including phenoxy) is 2. The van der Waals surface area contributed by atoms with Gasteiger partial charge < -0.3 is 14.0 Å². The van der Waals surface area contributed by atoms with E-state index in [-0.39, 0.29) is 11.9 Å². The Morgan fingerprint density at radius 2 is 2.03 bits per heavy atom. The highest BCUT2D eigenvalue weighted by Crippen LogP contribution is 2.33. The minimum absolute atomic E-state index is 0.143. The van der Waals surface area contributed by atoms with Crippen molar-refractivity contribution in [2.24, 2.45) is 7.05 Å². The Morgan fingerprint density at radius 3 is 2.79 bits per heavy atom. The summed E-state index contributed by atoms with van der Waals surface area (Å²) in [5, 5.41) is 0. The van der Waals surface area contributed by atoms with E-state index in [4.69, 9.17) is 9.47 Å². The lowest BCUT2D eigenvalue weighted by Gasteiger charge is -2.33. The van der Waals surface area contributed by atoms with E-state index in [1.54, 1.807) is 12.4 Å². The molecule has 4 rings (SSSR count). The summed E-state index contributed by atoms with van der Waals surface area (Å²) in [5.74, 6) is 0.210. The van der Waals surface area contributed by atoms with Gasteiger partial charge in [-0.15, -0.1) is 0 Å². The highest BCUT2D eigenvalue weighted by atomic mass is 19.4. The van der Waals surface area contributed by atoms with Crippen LogP contribution in [-0.4, -0.2) is 41.3 Å². The number of nitrogens with zero attached hydrogens (tertiary/aromatic N) is 3. The van der Waals surface area contributed by atoms with Crippen molar-refractivity contribution in [1.29, 1.82) is 0 Å². The molecule has 0 bridgehead atoms. The molecule has 0 N–H and O–H groups in total. The van der Waals surface area contributed by atoms with Crippen LogP contribution in [-0.2, 0) is 24.5 Å². The molecule has 2 heterocycles. The van der Waals surface area contributed by atoms with Crippen LogP contribution in [0.4, 0.5) is 13.2 Å². The quantitative estimate of drug-likeness (QED) is 0.653. The molecule has 0 saturated carbocycles. The second-order valence-electron chi connectivity index (χ2n) is 7.27. The van der Waals surface area contributed by atoms with Crippen LogP contribution in [0, 0.1) is 0 Å². The predicted molar refractivity (Wildman–Crippen MR) is 103 cm³/mol. The topological polar surface area (TPSA) is 39.5 Å². The van der Waals surface area contributed by atoms with Gasteiger partial charge in [-0.25, -0.2) is 4.98 Å². The normalized spacial score (nSPS) is 18.3. The van der Waals surface area contributed by atoms with Gasteiger partial charge in [0.25, 0.3) is 0 Å². The van der Waals surface area contributed by atoms with Gasteiger partial charge in [0.2, 0.25) is 0 Å². The average Bonchev–Trinajstić information content (AvgIpc) is 3.07. The van der Waals surface area contributed by atoms with Gasteiger partial charge in [0, 0.05) is 26.7 Å². The van der Waals surface area contributed by atoms with Crippen molar-refractivity contribution in [3.05, 3.63) is 59.4 Å². The minimum Gasteiger partial charge on any atom is -0.497 e. The zero-order valence-corrected chi connectivity index (χ0v) is 16.2. The van der Waals surface area contributed by atoms with Gasteiger partial charge in [-0.05, 0) is 41.5 Å². The highest BCUT2D eigenvalue weighted by molar-refractivity contribution is 5.76. The van der Waals surface area contributed by atoms with Gasteiger partial charge >= 0.3 is 6.18 Å². The summed E-state index contributed by atoms with van der Waals surface area (Å²) in [6.45, 7) is 2.17. The van der Waals surface area contributed by atoms with Crippen molar-refractivity contribution in [2.45, 2.75) is 18.8 Å². The molecule has 0 aliphatic carbocycles. The average molecular weight is 405 g/mol. The molecule has 1 unspecified atom stereocenters. The number of methoxy groups -OCH3 is 1. The van der Waals surface area contributed by atoms with Crippen LogP contribution < -0.4 is 4.74 Å². The van der Waals surface area contributed by atoms with E-state index < -0.39 is 11.7 Å². The summed E-state index contributed by atoms with van der Waals surface area (Å²) in [4.78, 5) is 6.44. The smallest absolute Gasteiger partial charge is 0.416 e. The maximum absolute atomic E-state index is 13.2. The van der Waals surface area contributed by atoms with E-state index >= 15 is 0 Å². The number of aromatic nitrogens is 2. The fraction of sp³-hybridized carbons (Fsp3) is 0.381. The Balaban J connectivity index is 1.53. The van der Waals surface area contributed by atoms with E-state index in [1.165, 1.54) is 13.2 Å². The number of hydrogen-bond donors (Lipinski definition) is 0. The highest BCUT2D eigenvalue weighted by Gasteiger charge is 2.32. The van der Waals surface area contributed by atoms with Crippen molar-refractivity contribution in [3.8, 4) is 5.75 Å². The maximum Gasteiger partial charge on any atom is 0.416 e. The van der Waals surface area contributed by atoms with Crippen LogP contribution in [0.3, 0.4) is 0 Å². The number of morpholine rings is 1. The number of halogens is 3. The van der Waals surface area contributed by atoms with Gasteiger partial charge in [-0.3, -0.25) is 4.90 Å². The summed E-state index contributed by atoms with van der Waals surface area (Å²) in [7, 11) is 3.31. The third-order valence-electron chi connectivity index (χ3n) is 5.21. The lowest BCUT2D eigenvalue weighted by atomic mass is 10.1. The molecule has 1 saturated heterocycles. The summed E-state index contributed by atoms with van der Waals surface area (Å²) >= 11 is 0. The van der Waals surface area contributed by atoms with Crippen molar-refractivity contribution >= 4 is 11.0 Å². The SMILES string of the molecule is COc1cc(CN2CCOC(c3ccc4ncn(C)c4c3)C2)cc(C(F)(F)F)c1. The number of fused-ring (bicyclic) bond motifs is 1. The standard InChI is InChI=1S/C21H22F3N3O2/c1-26-13-25-18-4-3-15(9-19(18)26)20-12-27(5-6-29-20)11-14-7-16(21(22,23)24)10-17(8-14)28-2/h3-4,7-10,13,20H,5-6,11-12H2,1-2H3. The molecule has 1 aliphatic rings. The van der Waals surface area contributed by atoms with Crippen molar-refractivity contribution < 1.29 is 22.6 Å². The molecule has 1 aromatic heterocycles. The molecule has 3 aromatic rings. The van der Waals surface area contributed by atoms with Crippen molar-refractivity contribution in [2.75, 3.05) is 26.8 Å². The molecule has 1 aliphatic heterocycles. The fourth-order valence-corrected chi connectivity index (χ4v) is 3.68. The Morgan fingerprint density at radius 1 is 1.21 bits per heavy atom. The molecule has 0 amide bonds. The second kappa shape index (κ2) is 7.68. The van der Waals surface area contributed by atoms with E-state index in [2.05, 4.69) is 16.0 Å². The lowest BCUT2D eigenvalue weighted by molar-refractivity contribution is -0.137. The molecule has 29 heavy (non-hydrogen) atoms. The first-order chi connectivity index (χ1) is 13.8. The number of aryl methyl sites for hydroxylation is 1. The van der Waals surface area contributed by atoms with Crippen molar-refractivity contribution in [1.82, 2.24) is 14.5 Å². The number of benzene rings is 2. The lowest BCUT2D eigenvalue weighted by Crippen LogP contribution is -2.37. The molecule has 2 aromatic carbocycles.